The zero-order valence-corrected chi connectivity index (χ0v) is 11.3. The number of halogens is 2. The SMILES string of the molecule is N#Cc1ccc(-c2nc(-c3ncc(Cl)cc3Cl)no2)[nH]1. The summed E-state index contributed by atoms with van der Waals surface area (Å²) in [5.74, 6) is 0.490. The van der Waals surface area contributed by atoms with E-state index in [0.29, 0.717) is 27.1 Å². The van der Waals surface area contributed by atoms with Crippen LogP contribution in [0.25, 0.3) is 23.1 Å². The molecular formula is C12H5Cl2N5O. The second-order valence-corrected chi connectivity index (χ2v) is 4.65. The van der Waals surface area contributed by atoms with E-state index in [-0.39, 0.29) is 11.7 Å². The van der Waals surface area contributed by atoms with E-state index in [9.17, 15) is 0 Å². The molecule has 3 rings (SSSR count). The lowest BCUT2D eigenvalue weighted by molar-refractivity contribution is 0.431. The first kappa shape index (κ1) is 12.7. The molecule has 0 aliphatic heterocycles. The molecule has 0 fully saturated rings. The van der Waals surface area contributed by atoms with Gasteiger partial charge in [0.25, 0.3) is 5.89 Å². The highest BCUT2D eigenvalue weighted by Crippen LogP contribution is 2.27. The summed E-state index contributed by atoms with van der Waals surface area (Å²) in [6.07, 6.45) is 1.45. The zero-order chi connectivity index (χ0) is 14.1. The number of nitriles is 1. The highest BCUT2D eigenvalue weighted by atomic mass is 35.5. The minimum atomic E-state index is 0.245. The van der Waals surface area contributed by atoms with Gasteiger partial charge in [-0.1, -0.05) is 28.4 Å². The molecule has 0 unspecified atom stereocenters. The highest BCUT2D eigenvalue weighted by Gasteiger charge is 2.15. The van der Waals surface area contributed by atoms with Gasteiger partial charge in [-0.25, -0.2) is 4.98 Å². The molecular weight excluding hydrogens is 301 g/mol. The number of hydrogen-bond acceptors (Lipinski definition) is 5. The summed E-state index contributed by atoms with van der Waals surface area (Å²) >= 11 is 11.8. The molecule has 0 spiro atoms. The second kappa shape index (κ2) is 4.96. The van der Waals surface area contributed by atoms with Crippen LogP contribution in [-0.4, -0.2) is 20.1 Å². The minimum Gasteiger partial charge on any atom is -0.342 e. The third kappa shape index (κ3) is 2.25. The molecule has 0 aromatic carbocycles. The molecule has 0 atom stereocenters. The number of pyridine rings is 1. The van der Waals surface area contributed by atoms with Crippen molar-refractivity contribution in [3.63, 3.8) is 0 Å². The minimum absolute atomic E-state index is 0.245. The first-order chi connectivity index (χ1) is 9.67. The van der Waals surface area contributed by atoms with Crippen LogP contribution in [0.1, 0.15) is 5.69 Å². The lowest BCUT2D eigenvalue weighted by Gasteiger charge is -1.97. The van der Waals surface area contributed by atoms with Gasteiger partial charge in [0.15, 0.2) is 0 Å². The first-order valence-corrected chi connectivity index (χ1v) is 6.17. The normalized spacial score (nSPS) is 10.4. The summed E-state index contributed by atoms with van der Waals surface area (Å²) in [5.41, 5.74) is 1.32. The van der Waals surface area contributed by atoms with Gasteiger partial charge in [0.1, 0.15) is 23.2 Å². The van der Waals surface area contributed by atoms with E-state index >= 15 is 0 Å². The molecule has 0 aliphatic carbocycles. The van der Waals surface area contributed by atoms with Gasteiger partial charge in [-0.15, -0.1) is 0 Å². The molecule has 3 aromatic rings. The van der Waals surface area contributed by atoms with Crippen LogP contribution in [0, 0.1) is 11.3 Å². The van der Waals surface area contributed by atoms with Gasteiger partial charge in [-0.2, -0.15) is 10.2 Å². The van der Waals surface area contributed by atoms with Crippen LogP contribution in [0.5, 0.6) is 0 Å². The van der Waals surface area contributed by atoms with Crippen molar-refractivity contribution < 1.29 is 4.52 Å². The van der Waals surface area contributed by atoms with E-state index in [1.807, 2.05) is 6.07 Å². The molecule has 0 amide bonds. The molecule has 1 N–H and O–H groups in total. The Morgan fingerprint density at radius 2 is 2.15 bits per heavy atom. The standard InChI is InChI=1S/C12H5Cl2N5O/c13-6-3-8(14)10(16-5-6)11-18-12(20-19-11)9-2-1-7(4-15)17-9/h1-3,5,17H. The lowest BCUT2D eigenvalue weighted by Crippen LogP contribution is -1.87. The number of nitrogens with zero attached hydrogens (tertiary/aromatic N) is 4. The Hall–Kier alpha value is -2.36. The number of aromatic nitrogens is 4. The largest absolute Gasteiger partial charge is 0.342 e. The van der Waals surface area contributed by atoms with E-state index in [1.54, 1.807) is 18.2 Å². The maximum Gasteiger partial charge on any atom is 0.274 e. The van der Waals surface area contributed by atoms with Gasteiger partial charge in [-0.05, 0) is 18.2 Å². The number of rotatable bonds is 2. The number of nitrogens with one attached hydrogen (secondary N) is 1. The Kier molecular flexibility index (Phi) is 3.14. The molecule has 8 heteroatoms. The predicted octanol–water partition coefficient (Wildman–Crippen LogP) is 3.31. The summed E-state index contributed by atoms with van der Waals surface area (Å²) in [5, 5.41) is 13.3. The molecule has 0 aliphatic rings. The smallest absolute Gasteiger partial charge is 0.274 e. The number of hydrogen-bond donors (Lipinski definition) is 1. The lowest BCUT2D eigenvalue weighted by atomic mass is 10.3. The fourth-order valence-electron chi connectivity index (χ4n) is 1.59. The Morgan fingerprint density at radius 3 is 2.85 bits per heavy atom. The van der Waals surface area contributed by atoms with Crippen molar-refractivity contribution in [2.45, 2.75) is 0 Å². The van der Waals surface area contributed by atoms with Crippen molar-refractivity contribution in [2.75, 3.05) is 0 Å². The highest BCUT2D eigenvalue weighted by molar-refractivity contribution is 6.35. The monoisotopic (exact) mass is 305 g/mol. The first-order valence-electron chi connectivity index (χ1n) is 5.42. The fourth-order valence-corrected chi connectivity index (χ4v) is 2.06. The van der Waals surface area contributed by atoms with Crippen molar-refractivity contribution in [1.82, 2.24) is 20.1 Å². The Morgan fingerprint density at radius 1 is 1.30 bits per heavy atom. The van der Waals surface area contributed by atoms with Crippen molar-refractivity contribution in [3.8, 4) is 29.2 Å². The van der Waals surface area contributed by atoms with Gasteiger partial charge < -0.3 is 9.51 Å². The van der Waals surface area contributed by atoms with Gasteiger partial charge in [0.05, 0.1) is 10.0 Å². The van der Waals surface area contributed by atoms with Crippen LogP contribution in [0.2, 0.25) is 10.0 Å². The topological polar surface area (TPSA) is 91.4 Å². The van der Waals surface area contributed by atoms with E-state index in [4.69, 9.17) is 33.0 Å². The molecule has 6 nitrogen and oxygen atoms in total. The van der Waals surface area contributed by atoms with Crippen molar-refractivity contribution in [2.24, 2.45) is 0 Å². The molecule has 0 saturated heterocycles. The van der Waals surface area contributed by atoms with E-state index in [0.717, 1.165) is 0 Å². The van der Waals surface area contributed by atoms with Crippen LogP contribution in [0.3, 0.4) is 0 Å². The molecule has 0 radical (unpaired) electrons. The summed E-state index contributed by atoms with van der Waals surface area (Å²) in [6.45, 7) is 0. The van der Waals surface area contributed by atoms with E-state index in [1.165, 1.54) is 6.20 Å². The molecule has 3 aromatic heterocycles. The maximum absolute atomic E-state index is 8.76. The van der Waals surface area contributed by atoms with E-state index in [2.05, 4.69) is 20.1 Å². The summed E-state index contributed by atoms with van der Waals surface area (Å²) < 4.78 is 5.11. The van der Waals surface area contributed by atoms with Crippen molar-refractivity contribution in [1.29, 1.82) is 5.26 Å². The summed E-state index contributed by atoms with van der Waals surface area (Å²) in [4.78, 5) is 11.1. The Labute approximate surface area is 123 Å². The third-order valence-electron chi connectivity index (χ3n) is 2.48. The maximum atomic E-state index is 8.76. The van der Waals surface area contributed by atoms with Gasteiger partial charge in [0.2, 0.25) is 5.82 Å². The van der Waals surface area contributed by atoms with Crippen LogP contribution >= 0.6 is 23.2 Å². The molecule has 3 heterocycles. The Balaban J connectivity index is 2.00. The second-order valence-electron chi connectivity index (χ2n) is 3.80. The van der Waals surface area contributed by atoms with Gasteiger partial charge >= 0.3 is 0 Å². The quantitative estimate of drug-likeness (QED) is 0.784. The molecule has 0 bridgehead atoms. The average Bonchev–Trinajstić information content (AvgIpc) is 3.07. The summed E-state index contributed by atoms with van der Waals surface area (Å²) in [7, 11) is 0. The number of H-pyrrole nitrogens is 1. The fraction of sp³-hybridized carbons (Fsp3) is 0. The average molecular weight is 306 g/mol. The molecule has 98 valence electrons. The third-order valence-corrected chi connectivity index (χ3v) is 2.98. The van der Waals surface area contributed by atoms with Gasteiger partial charge in [0, 0.05) is 6.20 Å². The van der Waals surface area contributed by atoms with Crippen LogP contribution < -0.4 is 0 Å². The zero-order valence-electron chi connectivity index (χ0n) is 9.76. The van der Waals surface area contributed by atoms with Crippen molar-refractivity contribution >= 4 is 23.2 Å². The predicted molar refractivity (Wildman–Crippen MR) is 72.1 cm³/mol. The molecule has 0 saturated carbocycles. The summed E-state index contributed by atoms with van der Waals surface area (Å²) in [6, 6.07) is 6.81. The van der Waals surface area contributed by atoms with Crippen LogP contribution in [0.15, 0.2) is 28.9 Å². The Bertz CT molecular complexity index is 817. The van der Waals surface area contributed by atoms with Gasteiger partial charge in [-0.3, -0.25) is 0 Å². The van der Waals surface area contributed by atoms with Crippen LogP contribution in [-0.2, 0) is 0 Å². The van der Waals surface area contributed by atoms with Crippen molar-refractivity contribution in [3.05, 3.63) is 40.1 Å². The molecule has 20 heavy (non-hydrogen) atoms. The van der Waals surface area contributed by atoms with Crippen LogP contribution in [0.4, 0.5) is 0 Å². The van der Waals surface area contributed by atoms with E-state index < -0.39 is 0 Å². The number of aromatic amines is 1.